The van der Waals surface area contributed by atoms with Crippen molar-refractivity contribution in [1.29, 1.82) is 0 Å². The van der Waals surface area contributed by atoms with Gasteiger partial charge in [0.25, 0.3) is 11.3 Å². The lowest BCUT2D eigenvalue weighted by molar-refractivity contribution is 0.101. The third kappa shape index (κ3) is 4.70. The second-order valence-electron chi connectivity index (χ2n) is 4.38. The first-order valence-electron chi connectivity index (χ1n) is 6.25. The number of Topliss-reactive ketones (excluding diaryl/α,β-unsaturated/α-hetero) is 1. The zero-order valence-corrected chi connectivity index (χ0v) is 13.0. The molecule has 0 aliphatic heterocycles. The fourth-order valence-electron chi connectivity index (χ4n) is 1.80. The highest BCUT2D eigenvalue weighted by Gasteiger charge is 2.09. The van der Waals surface area contributed by atoms with Crippen molar-refractivity contribution in [1.82, 2.24) is 0 Å². The Morgan fingerprint density at radius 1 is 1.24 bits per heavy atom. The van der Waals surface area contributed by atoms with Gasteiger partial charge in [0.2, 0.25) is 0 Å². The maximum Gasteiger partial charge on any atom is 0.259 e. The Labute approximate surface area is 130 Å². The Kier molecular flexibility index (Phi) is 5.55. The molecule has 6 heteroatoms. The smallest absolute Gasteiger partial charge is 0.259 e. The lowest BCUT2D eigenvalue weighted by Crippen LogP contribution is -2.05. The maximum atomic E-state index is 11.5. The van der Waals surface area contributed by atoms with Crippen molar-refractivity contribution in [2.24, 2.45) is 0 Å². The van der Waals surface area contributed by atoms with E-state index in [0.717, 1.165) is 10.5 Å². The van der Waals surface area contributed by atoms with Gasteiger partial charge in [-0.1, -0.05) is 18.2 Å². The molecule has 1 atom stereocenters. The minimum absolute atomic E-state index is 0.0300. The number of thioether (sulfide) groups is 1. The number of rotatable bonds is 6. The molecule has 0 saturated carbocycles. The van der Waals surface area contributed by atoms with Crippen LogP contribution in [0, 0.1) is 0 Å². The summed E-state index contributed by atoms with van der Waals surface area (Å²) in [7, 11) is 0. The van der Waals surface area contributed by atoms with E-state index in [1.54, 1.807) is 30.0 Å². The molecule has 0 spiro atoms. The molecule has 1 unspecified atom stereocenters. The van der Waals surface area contributed by atoms with Crippen LogP contribution in [-0.2, 0) is 17.0 Å². The minimum atomic E-state index is -2.14. The molecule has 0 radical (unpaired) electrons. The highest BCUT2D eigenvalue weighted by Crippen LogP contribution is 2.27. The summed E-state index contributed by atoms with van der Waals surface area (Å²) in [5.41, 5.74) is 1.97. The van der Waals surface area contributed by atoms with E-state index in [0.29, 0.717) is 17.0 Å². The highest BCUT2D eigenvalue weighted by atomic mass is 32.2. The number of hydrogen-bond donors (Lipinski definition) is 2. The van der Waals surface area contributed by atoms with Gasteiger partial charge in [-0.15, -0.1) is 11.8 Å². The molecular weight excluding hydrogens is 306 g/mol. The van der Waals surface area contributed by atoms with Crippen molar-refractivity contribution in [3.05, 3.63) is 59.7 Å². The molecule has 0 amide bonds. The quantitative estimate of drug-likeness (QED) is 0.483. The summed E-state index contributed by atoms with van der Waals surface area (Å²) in [6, 6.07) is 14.9. The number of anilines is 1. The van der Waals surface area contributed by atoms with Gasteiger partial charge in [0.15, 0.2) is 5.78 Å². The fourth-order valence-corrected chi connectivity index (χ4v) is 3.10. The summed E-state index contributed by atoms with van der Waals surface area (Å²) in [5.74, 6) is 0.572. The monoisotopic (exact) mass is 321 g/mol. The summed E-state index contributed by atoms with van der Waals surface area (Å²) in [6.45, 7) is 1.50. The van der Waals surface area contributed by atoms with Crippen LogP contribution in [-0.4, -0.2) is 14.5 Å². The lowest BCUT2D eigenvalue weighted by atomic mass is 10.1. The average Bonchev–Trinajstić information content (AvgIpc) is 2.46. The largest absolute Gasteiger partial charge is 0.295 e. The Hall–Kier alpha value is -1.63. The van der Waals surface area contributed by atoms with Gasteiger partial charge in [-0.3, -0.25) is 14.1 Å². The van der Waals surface area contributed by atoms with E-state index in [1.165, 1.54) is 6.92 Å². The number of ketones is 1. The molecule has 2 aromatic rings. The summed E-state index contributed by atoms with van der Waals surface area (Å²) in [6.07, 6.45) is 0. The lowest BCUT2D eigenvalue weighted by Gasteiger charge is -2.11. The van der Waals surface area contributed by atoms with E-state index >= 15 is 0 Å². The summed E-state index contributed by atoms with van der Waals surface area (Å²) in [4.78, 5) is 12.6. The predicted molar refractivity (Wildman–Crippen MR) is 86.8 cm³/mol. The summed E-state index contributed by atoms with van der Waals surface area (Å²) in [5, 5.41) is 0. The first-order chi connectivity index (χ1) is 10.1. The van der Waals surface area contributed by atoms with Gasteiger partial charge in [-0.2, -0.15) is 0 Å². The molecule has 0 aromatic heterocycles. The number of hydrogen-bond acceptors (Lipinski definition) is 3. The van der Waals surface area contributed by atoms with E-state index in [-0.39, 0.29) is 5.78 Å². The van der Waals surface area contributed by atoms with Gasteiger partial charge in [0.1, 0.15) is 0 Å². The van der Waals surface area contributed by atoms with Crippen molar-refractivity contribution in [3.8, 4) is 0 Å². The van der Waals surface area contributed by atoms with Crippen LogP contribution in [0.2, 0.25) is 0 Å². The van der Waals surface area contributed by atoms with E-state index in [2.05, 4.69) is 4.72 Å². The first-order valence-corrected chi connectivity index (χ1v) is 8.34. The fraction of sp³-hybridized carbons (Fsp3) is 0.133. The number of benzene rings is 2. The normalized spacial score (nSPS) is 11.9. The zero-order chi connectivity index (χ0) is 15.2. The number of carbonyl (C=O) groups is 1. The van der Waals surface area contributed by atoms with Gasteiger partial charge >= 0.3 is 0 Å². The minimum Gasteiger partial charge on any atom is -0.295 e. The van der Waals surface area contributed by atoms with Crippen LogP contribution in [0.5, 0.6) is 0 Å². The third-order valence-corrected chi connectivity index (χ3v) is 4.30. The highest BCUT2D eigenvalue weighted by molar-refractivity contribution is 7.98. The van der Waals surface area contributed by atoms with Gasteiger partial charge in [-0.05, 0) is 42.8 Å². The molecule has 0 aliphatic carbocycles. The van der Waals surface area contributed by atoms with Crippen LogP contribution < -0.4 is 4.72 Å². The molecule has 2 rings (SSSR count). The van der Waals surface area contributed by atoms with Crippen molar-refractivity contribution in [3.63, 3.8) is 0 Å². The Morgan fingerprint density at radius 2 is 1.95 bits per heavy atom. The molecule has 4 nitrogen and oxygen atoms in total. The van der Waals surface area contributed by atoms with Gasteiger partial charge in [-0.25, -0.2) is 4.21 Å². The van der Waals surface area contributed by atoms with E-state index < -0.39 is 11.3 Å². The molecule has 0 fully saturated rings. The molecule has 0 saturated heterocycles. The van der Waals surface area contributed by atoms with Crippen LogP contribution in [0.4, 0.5) is 5.69 Å². The molecule has 0 aliphatic rings. The van der Waals surface area contributed by atoms with Crippen LogP contribution in [0.25, 0.3) is 0 Å². The predicted octanol–water partition coefficient (Wildman–Crippen LogP) is 3.73. The Bertz CT molecular complexity index is 659. The molecular formula is C15H15NO3S2. The van der Waals surface area contributed by atoms with Gasteiger partial charge in [0, 0.05) is 16.2 Å². The van der Waals surface area contributed by atoms with E-state index in [4.69, 9.17) is 4.55 Å². The SMILES string of the molecule is CC(=O)c1ccc(NS(=O)O)c(CSc2ccccc2)c1. The van der Waals surface area contributed by atoms with Crippen molar-refractivity contribution in [2.45, 2.75) is 17.6 Å². The maximum absolute atomic E-state index is 11.5. The van der Waals surface area contributed by atoms with Crippen LogP contribution in [0.1, 0.15) is 22.8 Å². The van der Waals surface area contributed by atoms with Crippen LogP contribution in [0.3, 0.4) is 0 Å². The van der Waals surface area contributed by atoms with Crippen LogP contribution >= 0.6 is 11.8 Å². The molecule has 21 heavy (non-hydrogen) atoms. The van der Waals surface area contributed by atoms with Gasteiger partial charge < -0.3 is 0 Å². The summed E-state index contributed by atoms with van der Waals surface area (Å²) >= 11 is -0.533. The Balaban J connectivity index is 2.23. The molecule has 0 bridgehead atoms. The molecule has 110 valence electrons. The Morgan fingerprint density at radius 3 is 2.57 bits per heavy atom. The second-order valence-corrected chi connectivity index (χ2v) is 6.13. The standard InChI is InChI=1S/C15H15NO3S2/c1-11(17)12-7-8-15(16-21(18)19)13(9-12)10-20-14-5-3-2-4-6-14/h2-9,16H,10H2,1H3,(H,18,19). The zero-order valence-electron chi connectivity index (χ0n) is 11.4. The van der Waals surface area contributed by atoms with Crippen LogP contribution in [0.15, 0.2) is 53.4 Å². The average molecular weight is 321 g/mol. The van der Waals surface area contributed by atoms with Crippen molar-refractivity contribution < 1.29 is 13.6 Å². The molecule has 0 heterocycles. The topological polar surface area (TPSA) is 66.4 Å². The third-order valence-electron chi connectivity index (χ3n) is 2.85. The van der Waals surface area contributed by atoms with Crippen molar-refractivity contribution >= 4 is 34.5 Å². The second kappa shape index (κ2) is 7.40. The van der Waals surface area contributed by atoms with Crippen molar-refractivity contribution in [2.75, 3.05) is 4.72 Å². The first kappa shape index (κ1) is 15.8. The summed E-state index contributed by atoms with van der Waals surface area (Å²) < 4.78 is 22.4. The molecule has 2 aromatic carbocycles. The van der Waals surface area contributed by atoms with E-state index in [9.17, 15) is 9.00 Å². The number of nitrogens with one attached hydrogen (secondary N) is 1. The van der Waals surface area contributed by atoms with E-state index in [1.807, 2.05) is 30.3 Å². The molecule has 2 N–H and O–H groups in total. The van der Waals surface area contributed by atoms with Gasteiger partial charge in [0.05, 0.1) is 5.69 Å². The number of carbonyl (C=O) groups excluding carboxylic acids is 1.